The number of ketones is 1. The molecule has 1 unspecified atom stereocenters. The third-order valence-electron chi connectivity index (χ3n) is 5.23. The van der Waals surface area contributed by atoms with E-state index in [9.17, 15) is 9.59 Å². The molecule has 1 aliphatic rings. The van der Waals surface area contributed by atoms with Crippen molar-refractivity contribution in [2.75, 3.05) is 14.2 Å². The minimum Gasteiger partial charge on any atom is -0.497 e. The van der Waals surface area contributed by atoms with Gasteiger partial charge in [0.2, 0.25) is 0 Å². The summed E-state index contributed by atoms with van der Waals surface area (Å²) in [6.07, 6.45) is 1.10. The molecule has 1 aromatic carbocycles. The van der Waals surface area contributed by atoms with E-state index in [1.165, 1.54) is 0 Å². The number of hydrogen-bond donors (Lipinski definition) is 1. The minimum absolute atomic E-state index is 0.0362. The maximum atomic E-state index is 12.9. The highest BCUT2D eigenvalue weighted by atomic mass is 16.5. The summed E-state index contributed by atoms with van der Waals surface area (Å²) in [6, 6.07) is 5.09. The Kier molecular flexibility index (Phi) is 5.24. The van der Waals surface area contributed by atoms with Crippen molar-refractivity contribution in [3.8, 4) is 11.5 Å². The number of Topliss-reactive ketones (excluding diaryl/α,β-unsaturated/α-hetero) is 1. The van der Waals surface area contributed by atoms with Crippen LogP contribution in [0.4, 0.5) is 0 Å². The van der Waals surface area contributed by atoms with Crippen LogP contribution >= 0.6 is 0 Å². The Morgan fingerprint density at radius 3 is 2.57 bits per heavy atom. The Balaban J connectivity index is 1.88. The number of ether oxygens (including phenoxy) is 2. The van der Waals surface area contributed by atoms with Gasteiger partial charge in [-0.15, -0.1) is 0 Å². The average Bonchev–Trinajstić information content (AvgIpc) is 2.96. The zero-order valence-electron chi connectivity index (χ0n) is 17.3. The molecule has 0 aliphatic heterocycles. The Labute approximate surface area is 165 Å². The SMILES string of the molecule is COc1ccc(OC)c(C(C)NC(=O)c2oc3c(c2C)C(=O)CC(C)(C)C3)c1. The fourth-order valence-corrected chi connectivity index (χ4v) is 3.82. The molecule has 1 atom stereocenters. The number of fused-ring (bicyclic) bond motifs is 1. The molecule has 2 aromatic rings. The van der Waals surface area contributed by atoms with E-state index in [1.807, 2.05) is 26.8 Å². The lowest BCUT2D eigenvalue weighted by Gasteiger charge is -2.27. The van der Waals surface area contributed by atoms with Gasteiger partial charge < -0.3 is 19.2 Å². The molecule has 6 nitrogen and oxygen atoms in total. The topological polar surface area (TPSA) is 77.8 Å². The predicted molar refractivity (Wildman–Crippen MR) is 105 cm³/mol. The highest BCUT2D eigenvalue weighted by molar-refractivity contribution is 6.03. The van der Waals surface area contributed by atoms with E-state index in [4.69, 9.17) is 13.9 Å². The van der Waals surface area contributed by atoms with Gasteiger partial charge in [0.25, 0.3) is 5.91 Å². The molecule has 3 rings (SSSR count). The van der Waals surface area contributed by atoms with E-state index < -0.39 is 0 Å². The van der Waals surface area contributed by atoms with Gasteiger partial charge in [-0.1, -0.05) is 13.8 Å². The number of furan rings is 1. The first-order chi connectivity index (χ1) is 13.2. The summed E-state index contributed by atoms with van der Waals surface area (Å²) < 4.78 is 16.5. The maximum absolute atomic E-state index is 12.9. The quantitative estimate of drug-likeness (QED) is 0.832. The summed E-state index contributed by atoms with van der Waals surface area (Å²) in [6.45, 7) is 7.69. The van der Waals surface area contributed by atoms with Crippen molar-refractivity contribution in [2.24, 2.45) is 5.41 Å². The first kappa shape index (κ1) is 20.0. The molecule has 28 heavy (non-hydrogen) atoms. The molecule has 1 amide bonds. The Morgan fingerprint density at radius 1 is 1.21 bits per heavy atom. The van der Waals surface area contributed by atoms with Crippen molar-refractivity contribution >= 4 is 11.7 Å². The molecule has 0 spiro atoms. The molecule has 6 heteroatoms. The number of hydrogen-bond acceptors (Lipinski definition) is 5. The van der Waals surface area contributed by atoms with Gasteiger partial charge in [-0.3, -0.25) is 9.59 Å². The summed E-state index contributed by atoms with van der Waals surface area (Å²) >= 11 is 0. The molecule has 0 bridgehead atoms. The van der Waals surface area contributed by atoms with Gasteiger partial charge in [-0.05, 0) is 37.5 Å². The monoisotopic (exact) mass is 385 g/mol. The second-order valence-corrected chi connectivity index (χ2v) is 8.10. The molecule has 1 aliphatic carbocycles. The van der Waals surface area contributed by atoms with Crippen LogP contribution in [0, 0.1) is 12.3 Å². The zero-order valence-corrected chi connectivity index (χ0v) is 17.3. The first-order valence-electron chi connectivity index (χ1n) is 9.35. The normalized spacial score (nSPS) is 16.3. The first-order valence-corrected chi connectivity index (χ1v) is 9.35. The van der Waals surface area contributed by atoms with Crippen LogP contribution in [-0.4, -0.2) is 25.9 Å². The van der Waals surface area contributed by atoms with E-state index in [2.05, 4.69) is 5.32 Å². The predicted octanol–water partition coefficient (Wildman–Crippen LogP) is 4.25. The molecular formula is C22H27NO5. The summed E-state index contributed by atoms with van der Waals surface area (Å²) in [7, 11) is 3.17. The van der Waals surface area contributed by atoms with E-state index >= 15 is 0 Å². The van der Waals surface area contributed by atoms with E-state index in [-0.39, 0.29) is 28.9 Å². The molecule has 1 heterocycles. The van der Waals surface area contributed by atoms with E-state index in [0.29, 0.717) is 41.2 Å². The van der Waals surface area contributed by atoms with Gasteiger partial charge in [-0.2, -0.15) is 0 Å². The minimum atomic E-state index is -0.352. The van der Waals surface area contributed by atoms with Crippen molar-refractivity contribution in [1.82, 2.24) is 5.32 Å². The summed E-state index contributed by atoms with van der Waals surface area (Å²) in [4.78, 5) is 25.4. The summed E-state index contributed by atoms with van der Waals surface area (Å²) in [5.41, 5.74) is 1.80. The van der Waals surface area contributed by atoms with Crippen molar-refractivity contribution in [1.29, 1.82) is 0 Å². The van der Waals surface area contributed by atoms with Crippen LogP contribution in [0.15, 0.2) is 22.6 Å². The van der Waals surface area contributed by atoms with Crippen LogP contribution < -0.4 is 14.8 Å². The number of carbonyl (C=O) groups excluding carboxylic acids is 2. The fraction of sp³-hybridized carbons (Fsp3) is 0.455. The smallest absolute Gasteiger partial charge is 0.287 e. The van der Waals surface area contributed by atoms with Gasteiger partial charge >= 0.3 is 0 Å². The zero-order chi connectivity index (χ0) is 20.6. The van der Waals surface area contributed by atoms with Gasteiger partial charge in [-0.25, -0.2) is 0 Å². The Hall–Kier alpha value is -2.76. The van der Waals surface area contributed by atoms with Crippen LogP contribution in [-0.2, 0) is 6.42 Å². The number of methoxy groups -OCH3 is 2. The van der Waals surface area contributed by atoms with Crippen molar-refractivity contribution in [3.63, 3.8) is 0 Å². The maximum Gasteiger partial charge on any atom is 0.287 e. The molecule has 0 radical (unpaired) electrons. The van der Waals surface area contributed by atoms with E-state index in [1.54, 1.807) is 33.3 Å². The van der Waals surface area contributed by atoms with Gasteiger partial charge in [0.05, 0.1) is 25.8 Å². The lowest BCUT2D eigenvalue weighted by atomic mass is 9.76. The fourth-order valence-electron chi connectivity index (χ4n) is 3.82. The Bertz CT molecular complexity index is 925. The summed E-state index contributed by atoms with van der Waals surface area (Å²) in [5.74, 6) is 1.82. The molecular weight excluding hydrogens is 358 g/mol. The van der Waals surface area contributed by atoms with Crippen LogP contribution in [0.2, 0.25) is 0 Å². The molecule has 0 fully saturated rings. The lowest BCUT2D eigenvalue weighted by Crippen LogP contribution is -2.27. The third-order valence-corrected chi connectivity index (χ3v) is 5.23. The van der Waals surface area contributed by atoms with E-state index in [0.717, 1.165) is 5.56 Å². The molecule has 1 N–H and O–H groups in total. The van der Waals surface area contributed by atoms with Crippen LogP contribution in [0.3, 0.4) is 0 Å². The van der Waals surface area contributed by atoms with Crippen LogP contribution in [0.5, 0.6) is 11.5 Å². The highest BCUT2D eigenvalue weighted by Crippen LogP contribution is 2.38. The third kappa shape index (κ3) is 3.63. The summed E-state index contributed by atoms with van der Waals surface area (Å²) in [5, 5.41) is 2.94. The molecule has 0 saturated carbocycles. The molecule has 1 aromatic heterocycles. The Morgan fingerprint density at radius 2 is 1.93 bits per heavy atom. The highest BCUT2D eigenvalue weighted by Gasteiger charge is 2.37. The number of benzene rings is 1. The van der Waals surface area contributed by atoms with Crippen LogP contribution in [0.25, 0.3) is 0 Å². The van der Waals surface area contributed by atoms with Gasteiger partial charge in [0.15, 0.2) is 11.5 Å². The average molecular weight is 385 g/mol. The number of rotatable bonds is 5. The molecule has 0 saturated heterocycles. The standard InChI is InChI=1S/C22H27NO5/c1-12-19-16(24)10-22(3,4)11-18(19)28-20(12)21(25)23-13(2)15-9-14(26-5)7-8-17(15)27-6/h7-9,13H,10-11H2,1-6H3,(H,23,25). The largest absolute Gasteiger partial charge is 0.497 e. The van der Waals surface area contributed by atoms with Crippen molar-refractivity contribution in [3.05, 3.63) is 46.4 Å². The molecule has 150 valence electrons. The van der Waals surface area contributed by atoms with Crippen molar-refractivity contribution in [2.45, 2.75) is 46.6 Å². The van der Waals surface area contributed by atoms with Crippen molar-refractivity contribution < 1.29 is 23.5 Å². The van der Waals surface area contributed by atoms with Gasteiger partial charge in [0.1, 0.15) is 17.3 Å². The number of amides is 1. The number of carbonyl (C=O) groups is 2. The number of nitrogens with one attached hydrogen (secondary N) is 1. The second kappa shape index (κ2) is 7.34. The van der Waals surface area contributed by atoms with Crippen LogP contribution in [0.1, 0.15) is 71.0 Å². The van der Waals surface area contributed by atoms with Gasteiger partial charge in [0, 0.05) is 24.0 Å². The second-order valence-electron chi connectivity index (χ2n) is 8.10. The lowest BCUT2D eigenvalue weighted by molar-refractivity contribution is 0.0883.